The molecule has 0 atom stereocenters. The SMILES string of the molecule is [C-]#[N+]c1ccc2c(c1)c1ccccc1n2-c1c(-c2ccccc2-n2c3ccccc3c3ccccc32)cc(-c2nc(-c3ccccc3)nc(-c3ccccc3)n2)cc1-c1ccccc1-n1c2ccccc2c2ccccc21. The van der Waals surface area contributed by atoms with Crippen molar-refractivity contribution in [1.29, 1.82) is 0 Å². The highest BCUT2D eigenvalue weighted by Gasteiger charge is 2.27. The Morgan fingerprint density at radius 3 is 1.04 bits per heavy atom. The van der Waals surface area contributed by atoms with Crippen molar-refractivity contribution in [1.82, 2.24) is 28.7 Å². The van der Waals surface area contributed by atoms with Gasteiger partial charge in [0.05, 0.1) is 56.7 Å². The molecule has 0 aliphatic carbocycles. The van der Waals surface area contributed by atoms with Gasteiger partial charge in [-0.1, -0.05) is 194 Å². The monoisotopic (exact) mass is 981 g/mol. The van der Waals surface area contributed by atoms with Gasteiger partial charge in [0.25, 0.3) is 0 Å². The highest BCUT2D eigenvalue weighted by atomic mass is 15.0. The molecule has 0 radical (unpaired) electrons. The van der Waals surface area contributed by atoms with Crippen LogP contribution in [0.5, 0.6) is 0 Å². The molecule has 358 valence electrons. The first-order valence-corrected chi connectivity index (χ1v) is 25.8. The van der Waals surface area contributed by atoms with Crippen LogP contribution in [0.1, 0.15) is 0 Å². The van der Waals surface area contributed by atoms with Crippen molar-refractivity contribution in [3.8, 4) is 73.5 Å². The van der Waals surface area contributed by atoms with Gasteiger partial charge in [0.2, 0.25) is 0 Å². The van der Waals surface area contributed by atoms with Crippen LogP contribution in [0.3, 0.4) is 0 Å². The zero-order chi connectivity index (χ0) is 51.0. The lowest BCUT2D eigenvalue weighted by atomic mass is 9.90. The van der Waals surface area contributed by atoms with Crippen LogP contribution in [-0.2, 0) is 0 Å². The Morgan fingerprint density at radius 2 is 0.610 bits per heavy atom. The number of benzene rings is 11. The molecular weight excluding hydrogens is 939 g/mol. The number of hydrogen-bond acceptors (Lipinski definition) is 3. The average molecular weight is 982 g/mol. The molecule has 0 N–H and O–H groups in total. The van der Waals surface area contributed by atoms with E-state index in [1.807, 2.05) is 48.5 Å². The number of para-hydroxylation sites is 7. The molecule has 0 aliphatic heterocycles. The minimum Gasteiger partial charge on any atom is -0.309 e. The lowest BCUT2D eigenvalue weighted by Gasteiger charge is -2.24. The maximum atomic E-state index is 8.15. The normalized spacial score (nSPS) is 11.6. The maximum absolute atomic E-state index is 8.15. The number of fused-ring (bicyclic) bond motifs is 9. The largest absolute Gasteiger partial charge is 0.309 e. The number of hydrogen-bond donors (Lipinski definition) is 0. The van der Waals surface area contributed by atoms with E-state index in [0.29, 0.717) is 23.2 Å². The van der Waals surface area contributed by atoms with Crippen molar-refractivity contribution in [3.63, 3.8) is 0 Å². The van der Waals surface area contributed by atoms with E-state index in [2.05, 4.69) is 231 Å². The van der Waals surface area contributed by atoms with E-state index in [0.717, 1.165) is 99.9 Å². The van der Waals surface area contributed by atoms with Gasteiger partial charge in [-0.25, -0.2) is 19.8 Å². The van der Waals surface area contributed by atoms with Gasteiger partial charge in [0, 0.05) is 65.9 Å². The van der Waals surface area contributed by atoms with Gasteiger partial charge in [-0.2, -0.15) is 0 Å². The summed E-state index contributed by atoms with van der Waals surface area (Å²) < 4.78 is 7.26. The molecule has 0 bridgehead atoms. The van der Waals surface area contributed by atoms with E-state index >= 15 is 0 Å². The van der Waals surface area contributed by atoms with Gasteiger partial charge in [-0.3, -0.25) is 0 Å². The molecule has 15 rings (SSSR count). The first-order chi connectivity index (χ1) is 38.2. The quantitative estimate of drug-likeness (QED) is 0.143. The third kappa shape index (κ3) is 7.01. The topological polar surface area (TPSA) is 57.8 Å². The predicted molar refractivity (Wildman–Crippen MR) is 316 cm³/mol. The number of nitrogens with zero attached hydrogens (tertiary/aromatic N) is 7. The molecule has 0 saturated carbocycles. The molecule has 11 aromatic carbocycles. The number of rotatable bonds is 8. The zero-order valence-electron chi connectivity index (χ0n) is 41.5. The second-order valence-electron chi connectivity index (χ2n) is 19.4. The Morgan fingerprint density at radius 1 is 0.273 bits per heavy atom. The fraction of sp³-hybridized carbons (Fsp3) is 0. The summed E-state index contributed by atoms with van der Waals surface area (Å²) in [5.41, 5.74) is 16.6. The highest BCUT2D eigenvalue weighted by molar-refractivity contribution is 6.14. The maximum Gasteiger partial charge on any atom is 0.188 e. The summed E-state index contributed by atoms with van der Waals surface area (Å²) in [6, 6.07) is 91.9. The molecular formula is C70H43N7. The summed E-state index contributed by atoms with van der Waals surface area (Å²) in [5, 5.41) is 6.77. The Kier molecular flexibility index (Phi) is 10.1. The van der Waals surface area contributed by atoms with Crippen LogP contribution in [0.2, 0.25) is 0 Å². The van der Waals surface area contributed by atoms with Crippen LogP contribution >= 0.6 is 0 Å². The molecule has 4 aromatic heterocycles. The first-order valence-electron chi connectivity index (χ1n) is 25.8. The lowest BCUT2D eigenvalue weighted by molar-refractivity contribution is 1.07. The van der Waals surface area contributed by atoms with Crippen molar-refractivity contribution in [3.05, 3.63) is 272 Å². The molecule has 7 nitrogen and oxygen atoms in total. The Labute approximate surface area is 443 Å². The van der Waals surface area contributed by atoms with Crippen LogP contribution < -0.4 is 0 Å². The molecule has 0 amide bonds. The third-order valence-corrected chi connectivity index (χ3v) is 15.1. The summed E-state index contributed by atoms with van der Waals surface area (Å²) in [6.45, 7) is 8.15. The molecule has 4 heterocycles. The van der Waals surface area contributed by atoms with E-state index in [1.165, 1.54) is 21.5 Å². The van der Waals surface area contributed by atoms with Gasteiger partial charge in [-0.05, 0) is 72.1 Å². The van der Waals surface area contributed by atoms with Crippen molar-refractivity contribution in [2.75, 3.05) is 0 Å². The van der Waals surface area contributed by atoms with Crippen LogP contribution in [0.4, 0.5) is 5.69 Å². The minimum atomic E-state index is 0.541. The van der Waals surface area contributed by atoms with Gasteiger partial charge in [0.15, 0.2) is 23.2 Å². The summed E-state index contributed by atoms with van der Waals surface area (Å²) in [6.07, 6.45) is 0. The average Bonchev–Trinajstić information content (AvgIpc) is 4.31. The van der Waals surface area contributed by atoms with E-state index in [1.54, 1.807) is 0 Å². The van der Waals surface area contributed by atoms with Crippen molar-refractivity contribution < 1.29 is 0 Å². The third-order valence-electron chi connectivity index (χ3n) is 15.1. The smallest absolute Gasteiger partial charge is 0.188 e. The summed E-state index contributed by atoms with van der Waals surface area (Å²) in [4.78, 5) is 19.9. The molecule has 0 aliphatic rings. The lowest BCUT2D eigenvalue weighted by Crippen LogP contribution is -2.07. The summed E-state index contributed by atoms with van der Waals surface area (Å²) in [7, 11) is 0. The van der Waals surface area contributed by atoms with E-state index in [9.17, 15) is 0 Å². The predicted octanol–water partition coefficient (Wildman–Crippen LogP) is 18.0. The molecule has 7 heteroatoms. The fourth-order valence-corrected chi connectivity index (χ4v) is 11.8. The Balaban J connectivity index is 1.14. The highest BCUT2D eigenvalue weighted by Crippen LogP contribution is 2.48. The van der Waals surface area contributed by atoms with Gasteiger partial charge in [-0.15, -0.1) is 0 Å². The number of aromatic nitrogens is 6. The standard InChI is InChI=1S/C70H43N7/c1-71-48-40-41-66-56(44-48)53-30-12-21-39-65(53)77(66)67-57(54-31-13-19-37-63(54)75-59-33-15-8-26-49(59)50-27-9-16-34-60(50)75)42-47(70-73-68(45-22-4-2-5-23-45)72-69(74-70)46-24-6-3-7-25-46)43-58(67)55-32-14-20-38-64(55)76-61-35-17-10-28-51(61)52-29-11-18-36-62(52)76/h2-44H. The Bertz CT molecular complexity index is 4540. The van der Waals surface area contributed by atoms with E-state index < -0.39 is 0 Å². The first kappa shape index (κ1) is 43.9. The molecule has 0 unspecified atom stereocenters. The van der Waals surface area contributed by atoms with Gasteiger partial charge >= 0.3 is 0 Å². The van der Waals surface area contributed by atoms with Gasteiger partial charge < -0.3 is 13.7 Å². The van der Waals surface area contributed by atoms with E-state index in [-0.39, 0.29) is 0 Å². The molecule has 0 fully saturated rings. The fourth-order valence-electron chi connectivity index (χ4n) is 11.8. The Hall–Kier alpha value is -10.7. The van der Waals surface area contributed by atoms with Crippen LogP contribution in [0.15, 0.2) is 261 Å². The molecule has 0 spiro atoms. The second kappa shape index (κ2) is 17.8. The minimum absolute atomic E-state index is 0.541. The summed E-state index contributed by atoms with van der Waals surface area (Å²) >= 11 is 0. The summed E-state index contributed by atoms with van der Waals surface area (Å²) in [5.74, 6) is 1.70. The molecule has 0 saturated heterocycles. The van der Waals surface area contributed by atoms with Crippen LogP contribution in [-0.4, -0.2) is 28.7 Å². The molecule has 77 heavy (non-hydrogen) atoms. The van der Waals surface area contributed by atoms with Crippen molar-refractivity contribution in [2.24, 2.45) is 0 Å². The molecule has 15 aromatic rings. The second-order valence-corrected chi connectivity index (χ2v) is 19.4. The zero-order valence-corrected chi connectivity index (χ0v) is 41.5. The van der Waals surface area contributed by atoms with Crippen LogP contribution in [0.25, 0.3) is 144 Å². The van der Waals surface area contributed by atoms with E-state index in [4.69, 9.17) is 21.5 Å². The van der Waals surface area contributed by atoms with Crippen LogP contribution in [0, 0.1) is 6.57 Å². The van der Waals surface area contributed by atoms with Crippen molar-refractivity contribution in [2.45, 2.75) is 0 Å². The van der Waals surface area contributed by atoms with Gasteiger partial charge in [0.1, 0.15) is 0 Å². The van der Waals surface area contributed by atoms with Crippen molar-refractivity contribution >= 4 is 71.1 Å².